The molecule has 0 amide bonds. The Balaban J connectivity index is 0.000000211. The van der Waals surface area contributed by atoms with Crippen LogP contribution >= 0.6 is 15.8 Å². The molecule has 0 saturated heterocycles. The van der Waals surface area contributed by atoms with Crippen LogP contribution < -0.4 is 53.4 Å². The minimum absolute atomic E-state index is 0. The van der Waals surface area contributed by atoms with Crippen LogP contribution in [-0.2, 0) is 29.1 Å². The quantitative estimate of drug-likeness (QED) is 0.0798. The van der Waals surface area contributed by atoms with Gasteiger partial charge in [-0.15, -0.1) is 11.5 Å². The molecule has 0 fully saturated rings. The normalized spacial score (nSPS) is 11.0. The topological polar surface area (TPSA) is 146 Å². The number of nitrogens with one attached hydrogen (secondary N) is 2. The van der Waals surface area contributed by atoms with Crippen LogP contribution in [0.2, 0.25) is 0 Å². The molecule has 6 aromatic carbocycles. The van der Waals surface area contributed by atoms with Gasteiger partial charge < -0.3 is 20.2 Å². The number of fused-ring (bicyclic) bond motifs is 2. The zero-order chi connectivity index (χ0) is 44.4. The summed E-state index contributed by atoms with van der Waals surface area (Å²) in [6.45, 7) is 5.39. The maximum atomic E-state index is 12.5. The number of hydrogen-bond donors (Lipinski definition) is 2. The average molecular weight is 958 g/mol. The second-order valence-electron chi connectivity index (χ2n) is 13.9. The number of hydrogen-bond acceptors (Lipinski definition) is 6. The Bertz CT molecular complexity index is 2620. The Kier molecular flexibility index (Phi) is 19.5. The summed E-state index contributed by atoms with van der Waals surface area (Å²) in [6.07, 6.45) is 2.11. The molecular weight excluding hydrogens is 912 g/mol. The van der Waals surface area contributed by atoms with Crippen LogP contribution in [0.15, 0.2) is 215 Å². The maximum Gasteiger partial charge on any atom is 2.00 e. The zero-order valence-corrected chi connectivity index (χ0v) is 38.7. The Morgan fingerprint density at radius 2 is 0.683 bits per heavy atom. The van der Waals surface area contributed by atoms with E-state index in [9.17, 15) is 29.4 Å². The van der Waals surface area contributed by atoms with E-state index in [0.717, 1.165) is 44.6 Å². The minimum atomic E-state index is -0.791. The van der Waals surface area contributed by atoms with E-state index in [2.05, 4.69) is 70.6 Å². The Morgan fingerprint density at radius 3 is 0.921 bits per heavy atom. The average Bonchev–Trinajstić information content (AvgIpc) is 3.25. The first-order valence-electron chi connectivity index (χ1n) is 19.7. The maximum absolute atomic E-state index is 12.5. The van der Waals surface area contributed by atoms with Crippen molar-refractivity contribution in [2.24, 2.45) is 0 Å². The monoisotopic (exact) mass is 958 g/mol. The molecular formula is C52H46N2O6P2Ru. The molecule has 0 saturated carbocycles. The summed E-state index contributed by atoms with van der Waals surface area (Å²) in [4.78, 5) is 51.2. The number of carbonyl (C=O) groups is 2. The summed E-state index contributed by atoms with van der Waals surface area (Å²) in [5.74, 6) is -0.750. The van der Waals surface area contributed by atoms with E-state index in [1.54, 1.807) is 0 Å². The van der Waals surface area contributed by atoms with E-state index in [-0.39, 0.29) is 53.7 Å². The number of H-pyrrole nitrogens is 2. The van der Waals surface area contributed by atoms with Crippen LogP contribution in [0.4, 0.5) is 0 Å². The smallest absolute Gasteiger partial charge is 0.876 e. The number of allylic oxidation sites excluding steroid dienone is 4. The Labute approximate surface area is 382 Å². The number of benzene rings is 6. The molecule has 0 radical (unpaired) electrons. The standard InChI is InChI=1S/2C21H16NOP.2C5H8O2.Ru/c2*23-21-19-14-8-7-9-16(19)15-20(22-21)24(17-10-3-1-4-11-17)18-12-5-2-6-13-18;2*1-4(6)3-5(2)7;/h2*1-15H,(H,22,23);2*3,6H,1-2H3;/q;;;;+2/p-2/b;;2*4-3-;. The number of aromatic nitrogens is 2. The molecule has 2 N–H and O–H groups in total. The molecule has 0 aliphatic heterocycles. The van der Waals surface area contributed by atoms with Gasteiger partial charge in [0.1, 0.15) is 0 Å². The van der Waals surface area contributed by atoms with E-state index in [1.807, 2.05) is 121 Å². The SMILES string of the molecule is CC(=O)/C=C(/C)[O-].CC(=O)/C=C(/C)[O-].O=c1[nH]c(P(c2ccccc2)c2ccccc2)cc2ccccc12.O=c1[nH]c(P(c2ccccc2)c2ccccc2)cc2ccccc12.[Ru+2]. The molecule has 2 aromatic heterocycles. The van der Waals surface area contributed by atoms with Gasteiger partial charge in [-0.2, -0.15) is 0 Å². The molecule has 0 spiro atoms. The van der Waals surface area contributed by atoms with E-state index in [0.29, 0.717) is 0 Å². The van der Waals surface area contributed by atoms with Gasteiger partial charge in [0.25, 0.3) is 11.1 Å². The van der Waals surface area contributed by atoms with Crippen LogP contribution in [0, 0.1) is 0 Å². The summed E-state index contributed by atoms with van der Waals surface area (Å²) < 4.78 is 0. The van der Waals surface area contributed by atoms with Crippen molar-refractivity contribution < 1.29 is 39.3 Å². The number of aromatic amines is 2. The first-order valence-corrected chi connectivity index (χ1v) is 22.4. The van der Waals surface area contributed by atoms with Crippen LogP contribution in [0.25, 0.3) is 21.5 Å². The van der Waals surface area contributed by atoms with Crippen molar-refractivity contribution in [2.75, 3.05) is 0 Å². The fraction of sp³-hybridized carbons (Fsp3) is 0.0769. The predicted octanol–water partition coefficient (Wildman–Crippen LogP) is 6.25. The molecule has 0 aliphatic carbocycles. The molecule has 8 nitrogen and oxygen atoms in total. The van der Waals surface area contributed by atoms with Gasteiger partial charge in [0.2, 0.25) is 0 Å². The molecule has 318 valence electrons. The number of rotatable bonds is 8. The minimum Gasteiger partial charge on any atom is -0.876 e. The van der Waals surface area contributed by atoms with Crippen LogP contribution in [-0.4, -0.2) is 21.5 Å². The van der Waals surface area contributed by atoms with E-state index < -0.39 is 15.8 Å². The molecule has 8 rings (SSSR count). The van der Waals surface area contributed by atoms with Gasteiger partial charge in [0.15, 0.2) is 11.6 Å². The van der Waals surface area contributed by atoms with Gasteiger partial charge in [-0.1, -0.05) is 172 Å². The van der Waals surface area contributed by atoms with Gasteiger partial charge >= 0.3 is 19.5 Å². The number of pyridine rings is 2. The molecule has 0 aliphatic rings. The molecule has 8 aromatic rings. The third-order valence-corrected chi connectivity index (χ3v) is 13.5. The van der Waals surface area contributed by atoms with Crippen molar-refractivity contribution in [3.05, 3.63) is 226 Å². The Hall–Kier alpha value is -6.36. The second-order valence-corrected chi connectivity index (χ2v) is 18.3. The van der Waals surface area contributed by atoms with Crippen LogP contribution in [0.1, 0.15) is 27.7 Å². The number of ketones is 2. The van der Waals surface area contributed by atoms with Gasteiger partial charge in [0.05, 0.1) is 10.9 Å². The third kappa shape index (κ3) is 14.9. The summed E-state index contributed by atoms with van der Waals surface area (Å²) in [5.41, 5.74) is 1.90. The zero-order valence-electron chi connectivity index (χ0n) is 35.2. The van der Waals surface area contributed by atoms with Crippen molar-refractivity contribution in [1.82, 2.24) is 9.97 Å². The van der Waals surface area contributed by atoms with E-state index in [1.165, 1.54) is 48.9 Å². The van der Waals surface area contributed by atoms with E-state index in [4.69, 9.17) is 0 Å². The summed E-state index contributed by atoms with van der Waals surface area (Å²) in [6, 6.07) is 61.2. The molecule has 0 atom stereocenters. The largest absolute Gasteiger partial charge is 2.00 e. The number of carbonyl (C=O) groups excluding carboxylic acids is 2. The molecule has 0 unspecified atom stereocenters. The first kappa shape index (κ1) is 49.3. The van der Waals surface area contributed by atoms with Crippen molar-refractivity contribution in [3.8, 4) is 0 Å². The molecule has 0 bridgehead atoms. The summed E-state index contributed by atoms with van der Waals surface area (Å²) in [5, 5.41) is 28.3. The fourth-order valence-electron chi connectivity index (χ4n) is 6.37. The Morgan fingerprint density at radius 1 is 0.429 bits per heavy atom. The van der Waals surface area contributed by atoms with Crippen molar-refractivity contribution in [3.63, 3.8) is 0 Å². The predicted molar refractivity (Wildman–Crippen MR) is 255 cm³/mol. The van der Waals surface area contributed by atoms with Crippen LogP contribution in [0.5, 0.6) is 0 Å². The third-order valence-electron chi connectivity index (χ3n) is 8.83. The fourth-order valence-corrected chi connectivity index (χ4v) is 10.9. The van der Waals surface area contributed by atoms with Crippen molar-refractivity contribution >= 4 is 81.0 Å². The molecule has 2 heterocycles. The molecule has 63 heavy (non-hydrogen) atoms. The molecule has 11 heteroatoms. The van der Waals surface area contributed by atoms with Crippen molar-refractivity contribution in [2.45, 2.75) is 27.7 Å². The summed E-state index contributed by atoms with van der Waals surface area (Å²) in [7, 11) is -1.58. The second kappa shape index (κ2) is 24.9. The first-order chi connectivity index (χ1) is 29.9. The van der Waals surface area contributed by atoms with Gasteiger partial charge in [-0.3, -0.25) is 19.2 Å². The van der Waals surface area contributed by atoms with E-state index >= 15 is 0 Å². The van der Waals surface area contributed by atoms with Gasteiger partial charge in [0, 0.05) is 26.6 Å². The van der Waals surface area contributed by atoms with Gasteiger partial charge in [-0.25, -0.2) is 0 Å². The summed E-state index contributed by atoms with van der Waals surface area (Å²) >= 11 is 0. The van der Waals surface area contributed by atoms with Gasteiger partial charge in [-0.05, 0) is 82.3 Å². The van der Waals surface area contributed by atoms with Crippen LogP contribution in [0.3, 0.4) is 0 Å². The van der Waals surface area contributed by atoms with Crippen molar-refractivity contribution in [1.29, 1.82) is 0 Å².